The van der Waals surface area contributed by atoms with Gasteiger partial charge in [-0.25, -0.2) is 4.79 Å². The predicted molar refractivity (Wildman–Crippen MR) is 76.8 cm³/mol. The van der Waals surface area contributed by atoms with E-state index in [2.05, 4.69) is 10.3 Å². The molecule has 0 aliphatic carbocycles. The molecule has 0 unspecified atom stereocenters. The van der Waals surface area contributed by atoms with Crippen molar-refractivity contribution in [2.45, 2.75) is 26.8 Å². The summed E-state index contributed by atoms with van der Waals surface area (Å²) in [6.07, 6.45) is 0. The standard InChI is InChI=1S/C15H18N2O3/c1-8(2)13(15(19)20)17-14(18)12-7-10-5-4-9(3)6-11(10)16-12/h4-8,13,16H,1-3H3,(H,17,18)(H,19,20)/t13-/m0/s1. The first-order chi connectivity index (χ1) is 9.38. The van der Waals surface area contributed by atoms with Gasteiger partial charge in [-0.2, -0.15) is 0 Å². The van der Waals surface area contributed by atoms with Crippen molar-refractivity contribution in [3.8, 4) is 0 Å². The van der Waals surface area contributed by atoms with E-state index >= 15 is 0 Å². The molecule has 0 aliphatic heterocycles. The van der Waals surface area contributed by atoms with E-state index in [1.807, 2.05) is 25.1 Å². The Morgan fingerprint density at radius 1 is 1.25 bits per heavy atom. The highest BCUT2D eigenvalue weighted by Gasteiger charge is 2.24. The van der Waals surface area contributed by atoms with Gasteiger partial charge in [0.1, 0.15) is 11.7 Å². The summed E-state index contributed by atoms with van der Waals surface area (Å²) in [5, 5.41) is 12.6. The molecule has 0 spiro atoms. The van der Waals surface area contributed by atoms with Crippen molar-refractivity contribution in [1.82, 2.24) is 10.3 Å². The second-order valence-corrected chi connectivity index (χ2v) is 5.31. The van der Waals surface area contributed by atoms with Crippen LogP contribution in [0.15, 0.2) is 24.3 Å². The fourth-order valence-electron chi connectivity index (χ4n) is 2.10. The quantitative estimate of drug-likeness (QED) is 0.800. The molecule has 0 saturated carbocycles. The zero-order valence-electron chi connectivity index (χ0n) is 11.7. The second-order valence-electron chi connectivity index (χ2n) is 5.31. The van der Waals surface area contributed by atoms with Gasteiger partial charge < -0.3 is 15.4 Å². The Morgan fingerprint density at radius 2 is 1.95 bits per heavy atom. The number of H-pyrrole nitrogens is 1. The van der Waals surface area contributed by atoms with Gasteiger partial charge in [-0.05, 0) is 30.5 Å². The van der Waals surface area contributed by atoms with Crippen LogP contribution in [0.2, 0.25) is 0 Å². The number of aromatic nitrogens is 1. The summed E-state index contributed by atoms with van der Waals surface area (Å²) in [5.41, 5.74) is 2.33. The van der Waals surface area contributed by atoms with Crippen molar-refractivity contribution in [3.63, 3.8) is 0 Å². The third-order valence-corrected chi connectivity index (χ3v) is 3.24. The van der Waals surface area contributed by atoms with Crippen molar-refractivity contribution in [1.29, 1.82) is 0 Å². The predicted octanol–water partition coefficient (Wildman–Crippen LogP) is 2.32. The van der Waals surface area contributed by atoms with Crippen molar-refractivity contribution < 1.29 is 14.7 Å². The number of carbonyl (C=O) groups is 2. The minimum Gasteiger partial charge on any atom is -0.480 e. The molecule has 1 heterocycles. The Labute approximate surface area is 117 Å². The maximum absolute atomic E-state index is 12.1. The van der Waals surface area contributed by atoms with Gasteiger partial charge in [0.05, 0.1) is 0 Å². The fourth-order valence-corrected chi connectivity index (χ4v) is 2.10. The highest BCUT2D eigenvalue weighted by atomic mass is 16.4. The SMILES string of the molecule is Cc1ccc2cc(C(=O)N[C@H](C(=O)O)C(C)C)[nH]c2c1. The minimum atomic E-state index is -1.03. The van der Waals surface area contributed by atoms with E-state index in [0.29, 0.717) is 5.69 Å². The van der Waals surface area contributed by atoms with Gasteiger partial charge >= 0.3 is 5.97 Å². The number of fused-ring (bicyclic) bond motifs is 1. The van der Waals surface area contributed by atoms with Crippen LogP contribution in [-0.4, -0.2) is 28.0 Å². The molecule has 0 saturated heterocycles. The lowest BCUT2D eigenvalue weighted by Gasteiger charge is -2.17. The first-order valence-corrected chi connectivity index (χ1v) is 6.51. The van der Waals surface area contributed by atoms with Crippen molar-refractivity contribution in [2.75, 3.05) is 0 Å². The topological polar surface area (TPSA) is 82.2 Å². The zero-order valence-corrected chi connectivity index (χ0v) is 11.7. The lowest BCUT2D eigenvalue weighted by molar-refractivity contribution is -0.140. The van der Waals surface area contributed by atoms with Crippen molar-refractivity contribution in [2.24, 2.45) is 5.92 Å². The van der Waals surface area contributed by atoms with Crippen LogP contribution in [0.25, 0.3) is 10.9 Å². The van der Waals surface area contributed by atoms with Crippen LogP contribution in [0.3, 0.4) is 0 Å². The second kappa shape index (κ2) is 5.36. The molecular weight excluding hydrogens is 256 g/mol. The number of benzene rings is 1. The number of amides is 1. The molecule has 2 aromatic rings. The number of carboxylic acids is 1. The molecule has 1 aromatic heterocycles. The third kappa shape index (κ3) is 2.82. The highest BCUT2D eigenvalue weighted by Crippen LogP contribution is 2.17. The van der Waals surface area contributed by atoms with Crippen LogP contribution in [0.1, 0.15) is 29.9 Å². The van der Waals surface area contributed by atoms with Crippen LogP contribution in [0.5, 0.6) is 0 Å². The molecule has 5 heteroatoms. The lowest BCUT2D eigenvalue weighted by Crippen LogP contribution is -2.44. The maximum atomic E-state index is 12.1. The van der Waals surface area contributed by atoms with Gasteiger partial charge in [0.25, 0.3) is 5.91 Å². The van der Waals surface area contributed by atoms with E-state index in [1.165, 1.54) is 0 Å². The molecule has 0 radical (unpaired) electrons. The van der Waals surface area contributed by atoms with E-state index in [9.17, 15) is 9.59 Å². The number of hydrogen-bond acceptors (Lipinski definition) is 2. The molecule has 1 atom stereocenters. The molecular formula is C15H18N2O3. The van der Waals surface area contributed by atoms with E-state index in [-0.39, 0.29) is 5.92 Å². The molecule has 3 N–H and O–H groups in total. The van der Waals surface area contributed by atoms with Gasteiger partial charge in [0.2, 0.25) is 0 Å². The zero-order chi connectivity index (χ0) is 14.9. The number of hydrogen-bond donors (Lipinski definition) is 3. The highest BCUT2D eigenvalue weighted by molar-refractivity contribution is 5.99. The largest absolute Gasteiger partial charge is 0.480 e. The van der Waals surface area contributed by atoms with E-state index in [1.54, 1.807) is 19.9 Å². The first-order valence-electron chi connectivity index (χ1n) is 6.51. The summed E-state index contributed by atoms with van der Waals surface area (Å²) in [6.45, 7) is 5.49. The van der Waals surface area contributed by atoms with Crippen molar-refractivity contribution >= 4 is 22.8 Å². The summed E-state index contributed by atoms with van der Waals surface area (Å²) < 4.78 is 0. The summed E-state index contributed by atoms with van der Waals surface area (Å²) in [4.78, 5) is 26.2. The van der Waals surface area contributed by atoms with Gasteiger partial charge in [0, 0.05) is 10.9 Å². The average Bonchev–Trinajstić information content (AvgIpc) is 2.77. The summed E-state index contributed by atoms with van der Waals surface area (Å²) in [6, 6.07) is 6.67. The van der Waals surface area contributed by atoms with Crippen LogP contribution in [0, 0.1) is 12.8 Å². The monoisotopic (exact) mass is 274 g/mol. The summed E-state index contributed by atoms with van der Waals surface area (Å²) in [5.74, 6) is -1.61. The number of nitrogens with one attached hydrogen (secondary N) is 2. The average molecular weight is 274 g/mol. The molecule has 0 aliphatic rings. The normalized spacial score (nSPS) is 12.6. The summed E-state index contributed by atoms with van der Waals surface area (Å²) in [7, 11) is 0. The number of carbonyl (C=O) groups excluding carboxylic acids is 1. The van der Waals surface area contributed by atoms with Gasteiger partial charge in [-0.1, -0.05) is 26.0 Å². The smallest absolute Gasteiger partial charge is 0.326 e. The molecule has 5 nitrogen and oxygen atoms in total. The lowest BCUT2D eigenvalue weighted by atomic mass is 10.0. The van der Waals surface area contributed by atoms with Crippen LogP contribution >= 0.6 is 0 Å². The van der Waals surface area contributed by atoms with Crippen LogP contribution < -0.4 is 5.32 Å². The molecule has 106 valence electrons. The van der Waals surface area contributed by atoms with Gasteiger partial charge in [-0.15, -0.1) is 0 Å². The molecule has 2 rings (SSSR count). The summed E-state index contributed by atoms with van der Waals surface area (Å²) >= 11 is 0. The maximum Gasteiger partial charge on any atom is 0.326 e. The fraction of sp³-hybridized carbons (Fsp3) is 0.333. The number of aryl methyl sites for hydroxylation is 1. The Balaban J connectivity index is 2.25. The molecule has 1 aromatic carbocycles. The number of aliphatic carboxylic acids is 1. The first kappa shape index (κ1) is 14.1. The molecule has 0 fully saturated rings. The Hall–Kier alpha value is -2.30. The van der Waals surface area contributed by atoms with Gasteiger partial charge in [0.15, 0.2) is 0 Å². The number of rotatable bonds is 4. The van der Waals surface area contributed by atoms with Crippen LogP contribution in [0.4, 0.5) is 0 Å². The Kier molecular flexibility index (Phi) is 3.79. The molecule has 0 bridgehead atoms. The third-order valence-electron chi connectivity index (χ3n) is 3.24. The Bertz CT molecular complexity index is 658. The Morgan fingerprint density at radius 3 is 2.55 bits per heavy atom. The number of aromatic amines is 1. The van der Waals surface area contributed by atoms with E-state index in [4.69, 9.17) is 5.11 Å². The van der Waals surface area contributed by atoms with Crippen molar-refractivity contribution in [3.05, 3.63) is 35.5 Å². The van der Waals surface area contributed by atoms with E-state index < -0.39 is 17.9 Å². The van der Waals surface area contributed by atoms with Crippen LogP contribution in [-0.2, 0) is 4.79 Å². The van der Waals surface area contributed by atoms with E-state index in [0.717, 1.165) is 16.5 Å². The molecule has 1 amide bonds. The molecule has 20 heavy (non-hydrogen) atoms. The van der Waals surface area contributed by atoms with Gasteiger partial charge in [-0.3, -0.25) is 4.79 Å². The minimum absolute atomic E-state index is 0.178. The number of carboxylic acid groups (broad SMARTS) is 1.